The molecule has 0 aliphatic rings. The van der Waals surface area contributed by atoms with Gasteiger partial charge in [0.05, 0.1) is 26.4 Å². The molecule has 16 nitrogen and oxygen atoms in total. The van der Waals surface area contributed by atoms with Crippen molar-refractivity contribution in [1.82, 2.24) is 0 Å². The molecule has 5 atom stereocenters. The van der Waals surface area contributed by atoms with Crippen molar-refractivity contribution in [2.75, 3.05) is 39.6 Å². The van der Waals surface area contributed by atoms with Crippen molar-refractivity contribution in [3.05, 3.63) is 85.1 Å². The largest absolute Gasteiger partial charge is 0.472 e. The van der Waals surface area contributed by atoms with Crippen LogP contribution in [0.3, 0.4) is 0 Å². The standard InChI is InChI=1S/C65H114O16P2/c1-4-7-10-13-16-19-22-23-24-25-26-27-28-29-30-31-32-33-34-35-38-40-42-45-48-51-63(68)75-54-60(66)55-77-82(71,72)78-56-61(67)57-79-83(73,74)80-59-62(81-65(70)53-50-47-44-41-37-21-18-15-12-9-6-3)58-76-64(69)52-49-46-43-39-36-20-17-14-11-8-5-2/h7,10,14,16-17,19,23-24,26-27,29-30,32-33,60-62,66-67H,4-6,8-9,11-13,15,18,20-22,25,28,31,34-59H2,1-3H3,(H,71,72)(H,73,74)/b10-7-,17-14-,19-16-,24-23-,27-26-,30-29-,33-32-. The van der Waals surface area contributed by atoms with Crippen molar-refractivity contribution in [2.24, 2.45) is 0 Å². The number of hydrogen-bond donors (Lipinski definition) is 4. The number of phosphoric ester groups is 2. The normalized spacial score (nSPS) is 14.9. The number of ether oxygens (including phenoxy) is 3. The van der Waals surface area contributed by atoms with E-state index >= 15 is 0 Å². The van der Waals surface area contributed by atoms with Crippen LogP contribution in [-0.2, 0) is 55.8 Å². The molecule has 0 fully saturated rings. The lowest BCUT2D eigenvalue weighted by molar-refractivity contribution is -0.161. The molecule has 0 spiro atoms. The SMILES string of the molecule is CC/C=C\C/C=C\C/C=C\C/C=C\C/C=C\C/C=C\CCCCCCCCC(=O)OCC(O)COP(=O)(O)OCC(O)COP(=O)(O)OCC(COC(=O)CCCCCCC/C=C\CCCC)OC(=O)CCCCCCCCCCCCC. The van der Waals surface area contributed by atoms with Gasteiger partial charge >= 0.3 is 33.6 Å². The van der Waals surface area contributed by atoms with Gasteiger partial charge in [-0.05, 0) is 89.9 Å². The smallest absolute Gasteiger partial charge is 0.463 e. The summed E-state index contributed by atoms with van der Waals surface area (Å²) in [5.74, 6) is -1.60. The minimum absolute atomic E-state index is 0.106. The van der Waals surface area contributed by atoms with Crippen LogP contribution in [0.2, 0.25) is 0 Å². The van der Waals surface area contributed by atoms with E-state index in [9.17, 15) is 43.5 Å². The quantitative estimate of drug-likeness (QED) is 0.0146. The van der Waals surface area contributed by atoms with Crippen LogP contribution in [0.25, 0.3) is 0 Å². The highest BCUT2D eigenvalue weighted by atomic mass is 31.2. The third-order valence-corrected chi connectivity index (χ3v) is 15.0. The van der Waals surface area contributed by atoms with E-state index in [-0.39, 0.29) is 19.3 Å². The first-order valence-corrected chi connectivity index (χ1v) is 34.9. The van der Waals surface area contributed by atoms with Crippen LogP contribution in [-0.4, -0.2) is 95.9 Å². The van der Waals surface area contributed by atoms with E-state index in [4.69, 9.17) is 32.3 Å². The molecule has 83 heavy (non-hydrogen) atoms. The number of carbonyl (C=O) groups is 3. The third-order valence-electron chi connectivity index (χ3n) is 13.1. The van der Waals surface area contributed by atoms with Gasteiger partial charge in [0.15, 0.2) is 6.10 Å². The molecule has 4 N–H and O–H groups in total. The summed E-state index contributed by atoms with van der Waals surface area (Å²) in [5, 5.41) is 20.5. The third kappa shape index (κ3) is 60.2. The molecule has 480 valence electrons. The van der Waals surface area contributed by atoms with Crippen LogP contribution in [0.4, 0.5) is 0 Å². The summed E-state index contributed by atoms with van der Waals surface area (Å²) in [6.07, 6.45) is 60.9. The zero-order chi connectivity index (χ0) is 61.0. The van der Waals surface area contributed by atoms with Crippen molar-refractivity contribution in [3.8, 4) is 0 Å². The molecule has 0 aliphatic carbocycles. The maximum Gasteiger partial charge on any atom is 0.472 e. The van der Waals surface area contributed by atoms with Crippen LogP contribution in [0.15, 0.2) is 85.1 Å². The lowest BCUT2D eigenvalue weighted by Crippen LogP contribution is -2.30. The molecule has 0 saturated carbocycles. The fourth-order valence-corrected chi connectivity index (χ4v) is 9.79. The monoisotopic (exact) mass is 1210 g/mol. The summed E-state index contributed by atoms with van der Waals surface area (Å²) in [6.45, 7) is 2.46. The van der Waals surface area contributed by atoms with E-state index in [1.807, 2.05) is 0 Å². The lowest BCUT2D eigenvalue weighted by atomic mass is 10.1. The topological polar surface area (TPSA) is 231 Å². The van der Waals surface area contributed by atoms with Crippen molar-refractivity contribution >= 4 is 33.6 Å². The van der Waals surface area contributed by atoms with Gasteiger partial charge in [0.2, 0.25) is 0 Å². The average molecular weight is 1210 g/mol. The number of carbonyl (C=O) groups excluding carboxylic acids is 3. The number of rotatable bonds is 60. The highest BCUT2D eigenvalue weighted by molar-refractivity contribution is 7.47. The molecule has 0 aromatic heterocycles. The molecule has 0 aromatic rings. The Morgan fingerprint density at radius 1 is 0.349 bits per heavy atom. The molecule has 0 aromatic carbocycles. The maximum atomic E-state index is 12.8. The fraction of sp³-hybridized carbons (Fsp3) is 0.738. The Morgan fingerprint density at radius 2 is 0.651 bits per heavy atom. The Balaban J connectivity index is 4.48. The Hall–Kier alpha value is -3.27. The average Bonchev–Trinajstić information content (AvgIpc) is 3.46. The first-order chi connectivity index (χ1) is 40.2. The molecular formula is C65H114O16P2. The molecule has 5 unspecified atom stereocenters. The van der Waals surface area contributed by atoms with E-state index in [1.54, 1.807) is 0 Å². The minimum atomic E-state index is -4.91. The van der Waals surface area contributed by atoms with Crippen LogP contribution in [0.1, 0.15) is 252 Å². The number of aliphatic hydroxyl groups excluding tert-OH is 2. The van der Waals surface area contributed by atoms with Crippen molar-refractivity contribution in [2.45, 2.75) is 270 Å². The van der Waals surface area contributed by atoms with Gasteiger partial charge in [0.25, 0.3) is 0 Å². The molecule has 18 heteroatoms. The molecule has 0 rings (SSSR count). The molecule has 0 saturated heterocycles. The number of allylic oxidation sites excluding steroid dienone is 14. The molecular weight excluding hydrogens is 1100 g/mol. The molecule has 0 amide bonds. The number of unbranched alkanes of at least 4 members (excludes halogenated alkanes) is 23. The lowest BCUT2D eigenvalue weighted by Gasteiger charge is -2.21. The molecule has 0 bridgehead atoms. The molecule has 0 heterocycles. The second kappa shape index (κ2) is 59.1. The van der Waals surface area contributed by atoms with Gasteiger partial charge in [-0.3, -0.25) is 32.5 Å². The maximum absolute atomic E-state index is 12.8. The predicted octanol–water partition coefficient (Wildman–Crippen LogP) is 17.0. The van der Waals surface area contributed by atoms with E-state index < -0.39 is 91.5 Å². The number of aliphatic hydroxyl groups is 2. The zero-order valence-electron chi connectivity index (χ0n) is 51.6. The van der Waals surface area contributed by atoms with Gasteiger partial charge < -0.3 is 34.2 Å². The van der Waals surface area contributed by atoms with Gasteiger partial charge in [-0.2, -0.15) is 0 Å². The number of phosphoric acid groups is 2. The van der Waals surface area contributed by atoms with Crippen molar-refractivity contribution in [1.29, 1.82) is 0 Å². The summed E-state index contributed by atoms with van der Waals surface area (Å²) in [5.41, 5.74) is 0. The number of esters is 3. The van der Waals surface area contributed by atoms with Gasteiger partial charge in [-0.15, -0.1) is 0 Å². The van der Waals surface area contributed by atoms with Crippen molar-refractivity contribution < 1.29 is 75.8 Å². The van der Waals surface area contributed by atoms with Crippen LogP contribution in [0, 0.1) is 0 Å². The highest BCUT2D eigenvalue weighted by Gasteiger charge is 2.29. The summed E-state index contributed by atoms with van der Waals surface area (Å²) < 4.78 is 60.6. The van der Waals surface area contributed by atoms with E-state index in [1.165, 1.54) is 51.4 Å². The van der Waals surface area contributed by atoms with Gasteiger partial charge in [-0.1, -0.05) is 228 Å². The minimum Gasteiger partial charge on any atom is -0.463 e. The van der Waals surface area contributed by atoms with Crippen LogP contribution in [0.5, 0.6) is 0 Å². The Labute approximate surface area is 502 Å². The summed E-state index contributed by atoms with van der Waals surface area (Å²) in [4.78, 5) is 58.0. The zero-order valence-corrected chi connectivity index (χ0v) is 53.4. The Bertz CT molecular complexity index is 1860. The number of hydrogen-bond acceptors (Lipinski definition) is 14. The van der Waals surface area contributed by atoms with Crippen LogP contribution >= 0.6 is 15.6 Å². The summed E-state index contributed by atoms with van der Waals surface area (Å²) >= 11 is 0. The van der Waals surface area contributed by atoms with E-state index in [0.717, 1.165) is 141 Å². The highest BCUT2D eigenvalue weighted by Crippen LogP contribution is 2.45. The molecule has 0 radical (unpaired) electrons. The molecule has 0 aliphatic heterocycles. The Morgan fingerprint density at radius 3 is 1.06 bits per heavy atom. The Kier molecular flexibility index (Phi) is 56.8. The van der Waals surface area contributed by atoms with E-state index in [2.05, 4.69) is 106 Å². The second-order valence-electron chi connectivity index (χ2n) is 21.2. The predicted molar refractivity (Wildman–Crippen MR) is 334 cm³/mol. The summed E-state index contributed by atoms with van der Waals surface area (Å²) in [6, 6.07) is 0. The summed E-state index contributed by atoms with van der Waals surface area (Å²) in [7, 11) is -9.76. The van der Waals surface area contributed by atoms with Gasteiger partial charge in [0, 0.05) is 19.3 Å². The van der Waals surface area contributed by atoms with Crippen molar-refractivity contribution in [3.63, 3.8) is 0 Å². The fourth-order valence-electron chi connectivity index (χ4n) is 8.20. The second-order valence-corrected chi connectivity index (χ2v) is 24.1. The van der Waals surface area contributed by atoms with E-state index in [0.29, 0.717) is 19.3 Å². The van der Waals surface area contributed by atoms with Crippen LogP contribution < -0.4 is 0 Å². The van der Waals surface area contributed by atoms with Gasteiger partial charge in [-0.25, -0.2) is 9.13 Å². The first-order valence-electron chi connectivity index (χ1n) is 31.9. The first kappa shape index (κ1) is 79.7. The van der Waals surface area contributed by atoms with Gasteiger partial charge in [0.1, 0.15) is 25.4 Å².